The van der Waals surface area contributed by atoms with Crippen LogP contribution >= 0.6 is 11.6 Å². The number of rotatable bonds is 5. The van der Waals surface area contributed by atoms with Gasteiger partial charge in [-0.25, -0.2) is 17.9 Å². The average molecular weight is 525 g/mol. The monoisotopic (exact) mass is 524 g/mol. The summed E-state index contributed by atoms with van der Waals surface area (Å²) in [6, 6.07) is 13.2. The smallest absolute Gasteiger partial charge is 0.333 e. The molecule has 3 aromatic rings. The second kappa shape index (κ2) is 9.21. The van der Waals surface area contributed by atoms with Crippen LogP contribution in [0.2, 0.25) is 5.02 Å². The van der Waals surface area contributed by atoms with Gasteiger partial charge in [-0.1, -0.05) is 41.9 Å². The third-order valence-corrected chi connectivity index (χ3v) is 8.83. The van der Waals surface area contributed by atoms with Gasteiger partial charge >= 0.3 is 6.03 Å². The Morgan fingerprint density at radius 3 is 2.06 bits per heavy atom. The van der Waals surface area contributed by atoms with Crippen molar-refractivity contribution in [2.45, 2.75) is 62.9 Å². The topological polar surface area (TPSA) is 95.5 Å². The molecule has 2 aliphatic rings. The molecule has 0 aromatic heterocycles. The Bertz CT molecular complexity index is 1430. The van der Waals surface area contributed by atoms with Gasteiger partial charge in [-0.05, 0) is 110 Å². The van der Waals surface area contributed by atoms with Gasteiger partial charge in [0.25, 0.3) is 10.0 Å². The van der Waals surface area contributed by atoms with E-state index in [9.17, 15) is 18.3 Å². The van der Waals surface area contributed by atoms with Crippen LogP contribution in [0.3, 0.4) is 0 Å². The summed E-state index contributed by atoms with van der Waals surface area (Å²) in [6.07, 6.45) is 5.25. The molecule has 6 nitrogen and oxygen atoms in total. The Hall–Kier alpha value is -2.87. The first-order valence-corrected chi connectivity index (χ1v) is 14.0. The Labute approximate surface area is 216 Å². The van der Waals surface area contributed by atoms with Crippen molar-refractivity contribution >= 4 is 33.3 Å². The van der Waals surface area contributed by atoms with Crippen molar-refractivity contribution in [2.75, 3.05) is 5.32 Å². The predicted molar refractivity (Wildman–Crippen MR) is 142 cm³/mol. The maximum atomic E-state index is 13.3. The van der Waals surface area contributed by atoms with Gasteiger partial charge in [-0.3, -0.25) is 0 Å². The summed E-state index contributed by atoms with van der Waals surface area (Å²) in [7, 11) is -4.23. The molecule has 3 N–H and O–H groups in total. The summed E-state index contributed by atoms with van der Waals surface area (Å²) < 4.78 is 28.9. The minimum Gasteiger partial charge on any atom is -0.386 e. The number of sulfonamides is 1. The molecular formula is C28H29ClN2O4S. The molecule has 0 radical (unpaired) electrons. The quantitative estimate of drug-likeness (QED) is 0.397. The van der Waals surface area contributed by atoms with Gasteiger partial charge in [0.05, 0.1) is 10.5 Å². The van der Waals surface area contributed by atoms with Gasteiger partial charge in [0.1, 0.15) is 0 Å². The number of fused-ring (bicyclic) bond motifs is 2. The summed E-state index contributed by atoms with van der Waals surface area (Å²) in [5.74, 6) is 0. The van der Waals surface area contributed by atoms with Crippen LogP contribution in [0.25, 0.3) is 11.1 Å². The van der Waals surface area contributed by atoms with Gasteiger partial charge in [0.2, 0.25) is 0 Å². The highest BCUT2D eigenvalue weighted by Crippen LogP contribution is 2.44. The molecule has 188 valence electrons. The molecule has 0 heterocycles. The minimum absolute atomic E-state index is 0.0947. The number of anilines is 1. The van der Waals surface area contributed by atoms with Crippen LogP contribution in [0.5, 0.6) is 0 Å². The Morgan fingerprint density at radius 1 is 0.889 bits per heavy atom. The molecule has 5 rings (SSSR count). The van der Waals surface area contributed by atoms with Crippen molar-refractivity contribution in [2.24, 2.45) is 0 Å². The van der Waals surface area contributed by atoms with Crippen LogP contribution in [0.1, 0.15) is 54.5 Å². The second-order valence-electron chi connectivity index (χ2n) is 10.0. The van der Waals surface area contributed by atoms with Crippen molar-refractivity contribution in [3.8, 4) is 11.1 Å². The highest BCUT2D eigenvalue weighted by Gasteiger charge is 2.30. The molecule has 2 amide bonds. The summed E-state index contributed by atoms with van der Waals surface area (Å²) in [6.45, 7) is 3.19. The zero-order valence-corrected chi connectivity index (χ0v) is 21.9. The van der Waals surface area contributed by atoms with Gasteiger partial charge in [-0.2, -0.15) is 0 Å². The van der Waals surface area contributed by atoms with Crippen LogP contribution in [0.15, 0.2) is 53.4 Å². The first-order valence-electron chi connectivity index (χ1n) is 12.2. The van der Waals surface area contributed by atoms with Crippen molar-refractivity contribution in [1.29, 1.82) is 0 Å². The van der Waals surface area contributed by atoms with E-state index < -0.39 is 21.7 Å². The number of amides is 2. The lowest BCUT2D eigenvalue weighted by Crippen LogP contribution is -2.35. The van der Waals surface area contributed by atoms with Gasteiger partial charge in [-0.15, -0.1) is 0 Å². The number of carbonyl (C=O) groups is 1. The second-order valence-corrected chi connectivity index (χ2v) is 12.1. The highest BCUT2D eigenvalue weighted by molar-refractivity contribution is 7.90. The van der Waals surface area contributed by atoms with Crippen LogP contribution in [0, 0.1) is 0 Å². The predicted octanol–water partition coefficient (Wildman–Crippen LogP) is 5.72. The lowest BCUT2D eigenvalue weighted by Gasteiger charge is -2.21. The molecule has 0 bridgehead atoms. The van der Waals surface area contributed by atoms with E-state index in [2.05, 4.69) is 10.0 Å². The van der Waals surface area contributed by atoms with Gasteiger partial charge in [0.15, 0.2) is 0 Å². The molecule has 0 aliphatic heterocycles. The molecular weight excluding hydrogens is 496 g/mol. The number of halogens is 1. The van der Waals surface area contributed by atoms with E-state index in [4.69, 9.17) is 11.6 Å². The van der Waals surface area contributed by atoms with Crippen molar-refractivity contribution in [1.82, 2.24) is 4.72 Å². The van der Waals surface area contributed by atoms with Gasteiger partial charge in [0, 0.05) is 10.7 Å². The Balaban J connectivity index is 1.48. The molecule has 0 atom stereocenters. The first kappa shape index (κ1) is 24.8. The molecule has 0 spiro atoms. The minimum atomic E-state index is -4.23. The van der Waals surface area contributed by atoms with E-state index in [1.54, 1.807) is 19.9 Å². The molecule has 3 aromatic carbocycles. The Kier molecular flexibility index (Phi) is 6.35. The van der Waals surface area contributed by atoms with Gasteiger partial charge < -0.3 is 10.4 Å². The van der Waals surface area contributed by atoms with E-state index in [0.717, 1.165) is 71.4 Å². The molecule has 8 heteroatoms. The third-order valence-electron chi connectivity index (χ3n) is 7.07. The summed E-state index contributed by atoms with van der Waals surface area (Å²) in [5.41, 5.74) is 5.47. The van der Waals surface area contributed by atoms with E-state index in [0.29, 0.717) is 16.8 Å². The zero-order valence-electron chi connectivity index (χ0n) is 20.3. The third kappa shape index (κ3) is 4.63. The molecule has 0 saturated heterocycles. The number of nitrogens with one attached hydrogen (secondary N) is 2. The fraction of sp³-hybridized carbons (Fsp3) is 0.321. The maximum Gasteiger partial charge on any atom is 0.333 e. The van der Waals surface area contributed by atoms with E-state index in [1.165, 1.54) is 12.1 Å². The fourth-order valence-corrected chi connectivity index (χ4v) is 6.66. The van der Waals surface area contributed by atoms with Crippen molar-refractivity contribution in [3.63, 3.8) is 0 Å². The number of benzene rings is 3. The van der Waals surface area contributed by atoms with Crippen LogP contribution in [-0.2, 0) is 41.3 Å². The van der Waals surface area contributed by atoms with Crippen LogP contribution < -0.4 is 10.0 Å². The molecule has 0 fully saturated rings. The molecule has 0 saturated carbocycles. The van der Waals surface area contributed by atoms with Crippen LogP contribution in [0.4, 0.5) is 10.5 Å². The van der Waals surface area contributed by atoms with E-state index in [-0.39, 0.29) is 4.90 Å². The number of hydrogen-bond acceptors (Lipinski definition) is 4. The summed E-state index contributed by atoms with van der Waals surface area (Å²) in [4.78, 5) is 12.9. The largest absolute Gasteiger partial charge is 0.386 e. The summed E-state index contributed by atoms with van der Waals surface area (Å²) >= 11 is 6.67. The summed E-state index contributed by atoms with van der Waals surface area (Å²) in [5, 5.41) is 14.3. The molecule has 0 unspecified atom stereocenters. The number of hydrogen-bond donors (Lipinski definition) is 3. The average Bonchev–Trinajstić information content (AvgIpc) is 3.52. The molecule has 36 heavy (non-hydrogen) atoms. The SMILES string of the molecule is CC(C)(O)c1cc(-c2ccccc2)cc(S(=O)(=O)NC(=O)Nc2c3c(c(Cl)c4c2CCC4)CCC3)c1. The lowest BCUT2D eigenvalue weighted by molar-refractivity contribution is 0.0784. The van der Waals surface area contributed by atoms with Crippen molar-refractivity contribution < 1.29 is 18.3 Å². The zero-order chi connectivity index (χ0) is 25.7. The standard InChI is InChI=1S/C28H29ClN2O4S/c1-28(2,33)19-14-18(17-8-4-3-5-9-17)15-20(16-19)36(34,35)31-27(32)30-26-23-12-6-10-21(23)25(29)22-11-7-13-24(22)26/h3-5,8-9,14-16,33H,6-7,10-13H2,1-2H3,(H2,30,31,32). The van der Waals surface area contributed by atoms with E-state index in [1.807, 2.05) is 30.3 Å². The fourth-order valence-electron chi connectivity index (χ4n) is 5.26. The van der Waals surface area contributed by atoms with Crippen LogP contribution in [-0.4, -0.2) is 19.6 Å². The first-order chi connectivity index (χ1) is 17.0. The number of carbonyl (C=O) groups excluding carboxylic acids is 1. The normalized spacial score (nSPS) is 14.9. The van der Waals surface area contributed by atoms with Crippen molar-refractivity contribution in [3.05, 3.63) is 81.4 Å². The number of aliphatic hydroxyl groups is 1. The van der Waals surface area contributed by atoms with E-state index >= 15 is 0 Å². The maximum absolute atomic E-state index is 13.3. The Morgan fingerprint density at radius 2 is 1.47 bits per heavy atom. The number of urea groups is 1. The molecule has 2 aliphatic carbocycles. The highest BCUT2D eigenvalue weighted by atomic mass is 35.5. The lowest BCUT2D eigenvalue weighted by atomic mass is 9.94.